The van der Waals surface area contributed by atoms with Crippen LogP contribution in [0.3, 0.4) is 0 Å². The van der Waals surface area contributed by atoms with Crippen molar-refractivity contribution in [2.75, 3.05) is 7.11 Å². The lowest BCUT2D eigenvalue weighted by atomic mass is 10.2. The van der Waals surface area contributed by atoms with Gasteiger partial charge in [0, 0.05) is 11.6 Å². The van der Waals surface area contributed by atoms with Crippen molar-refractivity contribution in [3.63, 3.8) is 0 Å². The first-order valence-electron chi connectivity index (χ1n) is 7.47. The van der Waals surface area contributed by atoms with Crippen molar-refractivity contribution in [2.24, 2.45) is 0 Å². The fraction of sp³-hybridized carbons (Fsp3) is 0.222. The predicted octanol–water partition coefficient (Wildman–Crippen LogP) is 3.86. The smallest absolute Gasteiger partial charge is 0.340 e. The molecule has 1 atom stereocenters. The number of ether oxygens (including phenoxy) is 2. The third kappa shape index (κ3) is 5.37. The van der Waals surface area contributed by atoms with E-state index in [0.29, 0.717) is 11.6 Å². The quantitative estimate of drug-likeness (QED) is 0.771. The lowest BCUT2D eigenvalue weighted by Crippen LogP contribution is -2.35. The van der Waals surface area contributed by atoms with Gasteiger partial charge in [-0.15, -0.1) is 0 Å². The molecule has 2 aromatic rings. The van der Waals surface area contributed by atoms with E-state index < -0.39 is 18.0 Å². The average Bonchev–Trinajstić information content (AvgIpc) is 2.59. The summed E-state index contributed by atoms with van der Waals surface area (Å²) in [6, 6.07) is 11.7. The summed E-state index contributed by atoms with van der Waals surface area (Å²) in [6.45, 7) is 1.80. The molecular formula is C18H17Cl2NO4. The highest BCUT2D eigenvalue weighted by Crippen LogP contribution is 2.22. The molecule has 2 aromatic carbocycles. The molecule has 0 heterocycles. The number of nitrogens with one attached hydrogen (secondary N) is 1. The molecule has 0 aliphatic carbocycles. The lowest BCUT2D eigenvalue weighted by Gasteiger charge is -2.14. The number of amides is 1. The van der Waals surface area contributed by atoms with Crippen molar-refractivity contribution in [3.05, 3.63) is 63.6 Å². The van der Waals surface area contributed by atoms with E-state index in [2.05, 4.69) is 5.32 Å². The summed E-state index contributed by atoms with van der Waals surface area (Å²) in [7, 11) is 1.58. The summed E-state index contributed by atoms with van der Waals surface area (Å²) in [5.41, 5.74) is 1.05. The minimum Gasteiger partial charge on any atom is -0.497 e. The molecule has 7 heteroatoms. The van der Waals surface area contributed by atoms with Gasteiger partial charge in [0.2, 0.25) is 0 Å². The number of carbonyl (C=O) groups is 2. The van der Waals surface area contributed by atoms with Gasteiger partial charge in [0.05, 0.1) is 17.7 Å². The molecule has 0 aliphatic heterocycles. The van der Waals surface area contributed by atoms with Crippen LogP contribution >= 0.6 is 23.2 Å². The highest BCUT2D eigenvalue weighted by Gasteiger charge is 2.20. The summed E-state index contributed by atoms with van der Waals surface area (Å²) in [4.78, 5) is 24.2. The third-order valence-corrected chi connectivity index (χ3v) is 3.98. The molecule has 0 aliphatic rings. The van der Waals surface area contributed by atoms with Crippen LogP contribution in [0.2, 0.25) is 10.0 Å². The van der Waals surface area contributed by atoms with Gasteiger partial charge in [-0.05, 0) is 42.8 Å². The van der Waals surface area contributed by atoms with Gasteiger partial charge in [-0.1, -0.05) is 35.3 Å². The van der Waals surface area contributed by atoms with Crippen LogP contribution in [-0.2, 0) is 16.1 Å². The van der Waals surface area contributed by atoms with E-state index in [1.165, 1.54) is 25.1 Å². The van der Waals surface area contributed by atoms with Crippen molar-refractivity contribution in [3.8, 4) is 5.75 Å². The first-order valence-corrected chi connectivity index (χ1v) is 8.23. The molecule has 2 rings (SSSR count). The minimum atomic E-state index is -0.961. The van der Waals surface area contributed by atoms with E-state index in [1.807, 2.05) is 12.1 Å². The molecule has 25 heavy (non-hydrogen) atoms. The Morgan fingerprint density at radius 3 is 2.40 bits per heavy atom. The zero-order valence-corrected chi connectivity index (χ0v) is 15.2. The molecule has 0 radical (unpaired) electrons. The molecule has 0 spiro atoms. The van der Waals surface area contributed by atoms with Gasteiger partial charge in [-0.25, -0.2) is 4.79 Å². The minimum absolute atomic E-state index is 0.154. The Hall–Kier alpha value is -2.24. The molecule has 0 unspecified atom stereocenters. The van der Waals surface area contributed by atoms with E-state index in [0.717, 1.165) is 11.3 Å². The highest BCUT2D eigenvalue weighted by atomic mass is 35.5. The van der Waals surface area contributed by atoms with Crippen molar-refractivity contribution in [1.82, 2.24) is 5.32 Å². The Balaban J connectivity index is 1.89. The van der Waals surface area contributed by atoms with Crippen LogP contribution in [0.1, 0.15) is 22.8 Å². The maximum absolute atomic E-state index is 12.1. The van der Waals surface area contributed by atoms with E-state index in [1.54, 1.807) is 19.2 Å². The van der Waals surface area contributed by atoms with E-state index in [-0.39, 0.29) is 10.6 Å². The van der Waals surface area contributed by atoms with Gasteiger partial charge in [0.1, 0.15) is 5.75 Å². The van der Waals surface area contributed by atoms with Gasteiger partial charge in [0.25, 0.3) is 5.91 Å². The maximum Gasteiger partial charge on any atom is 0.340 e. The van der Waals surface area contributed by atoms with E-state index in [4.69, 9.17) is 32.7 Å². The molecule has 1 amide bonds. The number of esters is 1. The number of methoxy groups -OCH3 is 1. The molecule has 0 aromatic heterocycles. The van der Waals surface area contributed by atoms with Crippen LogP contribution in [0, 0.1) is 0 Å². The Kier molecular flexibility index (Phi) is 6.67. The molecular weight excluding hydrogens is 365 g/mol. The second-order valence-electron chi connectivity index (χ2n) is 5.24. The van der Waals surface area contributed by atoms with Gasteiger partial charge >= 0.3 is 5.97 Å². The Morgan fingerprint density at radius 2 is 1.80 bits per heavy atom. The van der Waals surface area contributed by atoms with E-state index >= 15 is 0 Å². The Bertz CT molecular complexity index is 762. The van der Waals surface area contributed by atoms with Crippen molar-refractivity contribution >= 4 is 35.1 Å². The summed E-state index contributed by atoms with van der Waals surface area (Å²) in [5.74, 6) is -0.361. The molecule has 5 nitrogen and oxygen atoms in total. The second kappa shape index (κ2) is 8.74. The predicted molar refractivity (Wildman–Crippen MR) is 96.2 cm³/mol. The number of halogens is 2. The fourth-order valence-corrected chi connectivity index (χ4v) is 2.49. The number of benzene rings is 2. The lowest BCUT2D eigenvalue weighted by molar-refractivity contribution is -0.129. The first-order chi connectivity index (χ1) is 11.9. The van der Waals surface area contributed by atoms with Gasteiger partial charge < -0.3 is 14.8 Å². The second-order valence-corrected chi connectivity index (χ2v) is 6.08. The molecule has 1 N–H and O–H groups in total. The Morgan fingerprint density at radius 1 is 1.12 bits per heavy atom. The SMILES string of the molecule is COc1ccc(CNC(=O)[C@H](C)OC(=O)c2ccc(Cl)cc2Cl)cc1. The van der Waals surface area contributed by atoms with Gasteiger partial charge in [-0.2, -0.15) is 0 Å². The highest BCUT2D eigenvalue weighted by molar-refractivity contribution is 6.36. The molecule has 0 fully saturated rings. The topological polar surface area (TPSA) is 64.6 Å². The standard InChI is InChI=1S/C18H17Cl2NO4/c1-11(25-18(23)15-8-5-13(19)9-16(15)20)17(22)21-10-12-3-6-14(24-2)7-4-12/h3-9,11H,10H2,1-2H3,(H,21,22)/t11-/m0/s1. The number of carbonyl (C=O) groups excluding carboxylic acids is 2. The first kappa shape index (κ1) is 19.1. The average molecular weight is 382 g/mol. The van der Waals surface area contributed by atoms with E-state index in [9.17, 15) is 9.59 Å². The number of hydrogen-bond acceptors (Lipinski definition) is 4. The summed E-state index contributed by atoms with van der Waals surface area (Å²) in [6.07, 6.45) is -0.961. The van der Waals surface area contributed by atoms with Gasteiger partial charge in [0.15, 0.2) is 6.10 Å². The van der Waals surface area contributed by atoms with Crippen molar-refractivity contribution in [2.45, 2.75) is 19.6 Å². The normalized spacial score (nSPS) is 11.5. The molecule has 132 valence electrons. The largest absolute Gasteiger partial charge is 0.497 e. The van der Waals surface area contributed by atoms with Crippen molar-refractivity contribution < 1.29 is 19.1 Å². The van der Waals surface area contributed by atoms with Gasteiger partial charge in [-0.3, -0.25) is 4.79 Å². The van der Waals surface area contributed by atoms with Crippen LogP contribution < -0.4 is 10.1 Å². The monoisotopic (exact) mass is 381 g/mol. The summed E-state index contributed by atoms with van der Waals surface area (Å²) >= 11 is 11.7. The zero-order valence-electron chi connectivity index (χ0n) is 13.7. The Labute approximate surface area is 155 Å². The summed E-state index contributed by atoms with van der Waals surface area (Å²) < 4.78 is 10.2. The maximum atomic E-state index is 12.1. The number of rotatable bonds is 6. The molecule has 0 saturated heterocycles. The molecule has 0 saturated carbocycles. The van der Waals surface area contributed by atoms with Crippen molar-refractivity contribution in [1.29, 1.82) is 0 Å². The number of hydrogen-bond donors (Lipinski definition) is 1. The van der Waals surface area contributed by atoms with Crippen LogP contribution in [0.25, 0.3) is 0 Å². The van der Waals surface area contributed by atoms with Crippen LogP contribution in [-0.4, -0.2) is 25.1 Å². The zero-order chi connectivity index (χ0) is 18.4. The summed E-state index contributed by atoms with van der Waals surface area (Å²) in [5, 5.41) is 3.28. The third-order valence-electron chi connectivity index (χ3n) is 3.43. The van der Waals surface area contributed by atoms with Crippen LogP contribution in [0.5, 0.6) is 5.75 Å². The van der Waals surface area contributed by atoms with Crippen LogP contribution in [0.4, 0.5) is 0 Å². The fourth-order valence-electron chi connectivity index (χ4n) is 2.01. The molecule has 0 bridgehead atoms. The van der Waals surface area contributed by atoms with Crippen LogP contribution in [0.15, 0.2) is 42.5 Å².